The van der Waals surface area contributed by atoms with E-state index in [0.29, 0.717) is 30.6 Å². The van der Waals surface area contributed by atoms with E-state index in [9.17, 15) is 19.1 Å². The fourth-order valence-electron chi connectivity index (χ4n) is 2.69. The number of amides is 1. The number of ether oxygens (including phenoxy) is 1. The summed E-state index contributed by atoms with van der Waals surface area (Å²) >= 11 is 0. The average Bonchev–Trinajstić information content (AvgIpc) is 2.55. The fraction of sp³-hybridized carbons (Fsp3) is 0.278. The smallest absolute Gasteiger partial charge is 0.319 e. The number of carboxylic acids is 1. The summed E-state index contributed by atoms with van der Waals surface area (Å²) in [6.07, 6.45) is 4.44. The molecule has 1 aliphatic rings. The molecule has 0 aliphatic heterocycles. The lowest BCUT2D eigenvalue weighted by Crippen LogP contribution is -2.50. The molecule has 0 saturated heterocycles. The number of benzene rings is 1. The van der Waals surface area contributed by atoms with E-state index in [1.165, 1.54) is 18.3 Å². The molecule has 0 unspecified atom stereocenters. The summed E-state index contributed by atoms with van der Waals surface area (Å²) in [7, 11) is 0. The standard InChI is InChI=1S/C18H17FN2O4/c19-14-9-12(4-5-15(14)25-13-3-1-8-20-11-13)10-21-16(22)18(17(23)24)6-2-7-18/h1,3-5,8-9,11H,2,6-7,10H2,(H,21,22)(H,23,24). The van der Waals surface area contributed by atoms with Crippen LogP contribution < -0.4 is 10.1 Å². The second-order valence-corrected chi connectivity index (χ2v) is 5.98. The van der Waals surface area contributed by atoms with Crippen molar-refractivity contribution in [1.82, 2.24) is 10.3 Å². The Balaban J connectivity index is 1.63. The van der Waals surface area contributed by atoms with Crippen LogP contribution in [-0.4, -0.2) is 22.0 Å². The number of rotatable bonds is 6. The molecular weight excluding hydrogens is 327 g/mol. The van der Waals surface area contributed by atoms with Gasteiger partial charge in [-0.25, -0.2) is 4.39 Å². The summed E-state index contributed by atoms with van der Waals surface area (Å²) in [5, 5.41) is 11.8. The van der Waals surface area contributed by atoms with Gasteiger partial charge in [0.05, 0.1) is 6.20 Å². The van der Waals surface area contributed by atoms with Crippen molar-refractivity contribution in [3.8, 4) is 11.5 Å². The molecule has 0 spiro atoms. The lowest BCUT2D eigenvalue weighted by atomic mass is 9.68. The number of aromatic nitrogens is 1. The van der Waals surface area contributed by atoms with E-state index in [-0.39, 0.29) is 12.3 Å². The first-order valence-corrected chi connectivity index (χ1v) is 7.89. The molecule has 2 aromatic rings. The molecule has 0 atom stereocenters. The summed E-state index contributed by atoms with van der Waals surface area (Å²) in [4.78, 5) is 27.3. The third-order valence-corrected chi connectivity index (χ3v) is 4.36. The van der Waals surface area contributed by atoms with Crippen LogP contribution in [-0.2, 0) is 16.1 Å². The number of halogens is 1. The van der Waals surface area contributed by atoms with Crippen LogP contribution in [0.1, 0.15) is 24.8 Å². The van der Waals surface area contributed by atoms with Gasteiger partial charge in [-0.15, -0.1) is 0 Å². The van der Waals surface area contributed by atoms with Gasteiger partial charge < -0.3 is 15.2 Å². The monoisotopic (exact) mass is 344 g/mol. The second kappa shape index (κ2) is 6.88. The van der Waals surface area contributed by atoms with E-state index in [4.69, 9.17) is 4.74 Å². The van der Waals surface area contributed by atoms with Gasteiger partial charge in [-0.2, -0.15) is 0 Å². The van der Waals surface area contributed by atoms with E-state index in [1.54, 1.807) is 24.4 Å². The molecule has 7 heteroatoms. The molecule has 1 amide bonds. The molecule has 25 heavy (non-hydrogen) atoms. The summed E-state index contributed by atoms with van der Waals surface area (Å²) in [6.45, 7) is 0.0535. The maximum atomic E-state index is 14.1. The molecule has 0 radical (unpaired) electrons. The van der Waals surface area contributed by atoms with Gasteiger partial charge in [0.1, 0.15) is 11.2 Å². The van der Waals surface area contributed by atoms with Gasteiger partial charge in [0.2, 0.25) is 5.91 Å². The minimum absolute atomic E-state index is 0.0454. The second-order valence-electron chi connectivity index (χ2n) is 5.98. The SMILES string of the molecule is O=C(O)C1(C(=O)NCc2ccc(Oc3cccnc3)c(F)c2)CCC1. The Labute approximate surface area is 143 Å². The average molecular weight is 344 g/mol. The number of hydrogen-bond acceptors (Lipinski definition) is 4. The van der Waals surface area contributed by atoms with Crippen LogP contribution in [0, 0.1) is 11.2 Å². The number of pyridine rings is 1. The Kier molecular flexibility index (Phi) is 4.65. The molecule has 1 heterocycles. The molecule has 1 aromatic carbocycles. The van der Waals surface area contributed by atoms with Crippen molar-refractivity contribution >= 4 is 11.9 Å². The quantitative estimate of drug-likeness (QED) is 0.787. The first-order chi connectivity index (χ1) is 12.0. The summed E-state index contributed by atoms with van der Waals surface area (Å²) < 4.78 is 19.5. The molecular formula is C18H17FN2O4. The summed E-state index contributed by atoms with van der Waals surface area (Å²) in [6, 6.07) is 7.66. The highest BCUT2D eigenvalue weighted by atomic mass is 19.1. The number of aliphatic carboxylic acids is 1. The van der Waals surface area contributed by atoms with Gasteiger partial charge in [-0.05, 0) is 42.7 Å². The van der Waals surface area contributed by atoms with Crippen LogP contribution >= 0.6 is 0 Å². The largest absolute Gasteiger partial charge is 0.480 e. The van der Waals surface area contributed by atoms with Crippen LogP contribution in [0.15, 0.2) is 42.7 Å². The third-order valence-electron chi connectivity index (χ3n) is 4.36. The summed E-state index contributed by atoms with van der Waals surface area (Å²) in [5.74, 6) is -1.75. The van der Waals surface area contributed by atoms with E-state index in [1.807, 2.05) is 0 Å². The molecule has 6 nitrogen and oxygen atoms in total. The van der Waals surface area contributed by atoms with Gasteiger partial charge in [0.15, 0.2) is 11.6 Å². The van der Waals surface area contributed by atoms with Gasteiger partial charge in [0, 0.05) is 12.7 Å². The topological polar surface area (TPSA) is 88.5 Å². The zero-order valence-corrected chi connectivity index (χ0v) is 13.4. The van der Waals surface area contributed by atoms with Crippen molar-refractivity contribution in [3.05, 3.63) is 54.1 Å². The van der Waals surface area contributed by atoms with Gasteiger partial charge in [0.25, 0.3) is 0 Å². The van der Waals surface area contributed by atoms with Crippen LogP contribution in [0.2, 0.25) is 0 Å². The highest BCUT2D eigenvalue weighted by molar-refractivity contribution is 6.02. The number of carboxylic acid groups (broad SMARTS) is 1. The number of nitrogens with zero attached hydrogens (tertiary/aromatic N) is 1. The minimum Gasteiger partial charge on any atom is -0.480 e. The number of carbonyl (C=O) groups excluding carboxylic acids is 1. The zero-order chi connectivity index (χ0) is 17.9. The Morgan fingerprint density at radius 2 is 2.12 bits per heavy atom. The Morgan fingerprint density at radius 1 is 1.32 bits per heavy atom. The first-order valence-electron chi connectivity index (χ1n) is 7.89. The van der Waals surface area contributed by atoms with Crippen molar-refractivity contribution in [2.75, 3.05) is 0 Å². The van der Waals surface area contributed by atoms with Gasteiger partial charge in [-0.3, -0.25) is 14.6 Å². The fourth-order valence-corrected chi connectivity index (χ4v) is 2.69. The van der Waals surface area contributed by atoms with Gasteiger partial charge in [-0.1, -0.05) is 12.5 Å². The Hall–Kier alpha value is -2.96. The number of hydrogen-bond donors (Lipinski definition) is 2. The maximum Gasteiger partial charge on any atom is 0.319 e. The van der Waals surface area contributed by atoms with Crippen molar-refractivity contribution in [2.24, 2.45) is 5.41 Å². The van der Waals surface area contributed by atoms with E-state index in [2.05, 4.69) is 10.3 Å². The number of carbonyl (C=O) groups is 2. The van der Waals surface area contributed by atoms with E-state index >= 15 is 0 Å². The molecule has 3 rings (SSSR count). The van der Waals surface area contributed by atoms with E-state index < -0.39 is 23.1 Å². The zero-order valence-electron chi connectivity index (χ0n) is 13.4. The molecule has 1 saturated carbocycles. The third kappa shape index (κ3) is 3.45. The van der Waals surface area contributed by atoms with Gasteiger partial charge >= 0.3 is 5.97 Å². The highest BCUT2D eigenvalue weighted by Gasteiger charge is 2.50. The lowest BCUT2D eigenvalue weighted by molar-refractivity contribution is -0.162. The van der Waals surface area contributed by atoms with Crippen molar-refractivity contribution < 1.29 is 23.8 Å². The predicted octanol–water partition coefficient (Wildman–Crippen LogP) is 2.88. The lowest BCUT2D eigenvalue weighted by Gasteiger charge is -2.35. The van der Waals surface area contributed by atoms with Crippen LogP contribution in [0.5, 0.6) is 11.5 Å². The molecule has 1 aromatic heterocycles. The highest BCUT2D eigenvalue weighted by Crippen LogP contribution is 2.41. The van der Waals surface area contributed by atoms with Crippen molar-refractivity contribution in [2.45, 2.75) is 25.8 Å². The normalized spacial score (nSPS) is 15.1. The Morgan fingerprint density at radius 3 is 2.68 bits per heavy atom. The van der Waals surface area contributed by atoms with Crippen molar-refractivity contribution in [1.29, 1.82) is 0 Å². The molecule has 1 aliphatic carbocycles. The molecule has 1 fully saturated rings. The summed E-state index contributed by atoms with van der Waals surface area (Å²) in [5.41, 5.74) is -0.814. The van der Waals surface area contributed by atoms with E-state index in [0.717, 1.165) is 0 Å². The van der Waals surface area contributed by atoms with Crippen LogP contribution in [0.25, 0.3) is 0 Å². The first kappa shape index (κ1) is 16.9. The number of nitrogens with one attached hydrogen (secondary N) is 1. The maximum absolute atomic E-state index is 14.1. The predicted molar refractivity (Wildman–Crippen MR) is 86.5 cm³/mol. The minimum atomic E-state index is -1.33. The van der Waals surface area contributed by atoms with Crippen LogP contribution in [0.4, 0.5) is 4.39 Å². The molecule has 0 bridgehead atoms. The van der Waals surface area contributed by atoms with Crippen LogP contribution in [0.3, 0.4) is 0 Å². The Bertz CT molecular complexity index is 791. The molecule has 130 valence electrons. The molecule has 2 N–H and O–H groups in total. The van der Waals surface area contributed by atoms with Crippen molar-refractivity contribution in [3.63, 3.8) is 0 Å².